The minimum atomic E-state index is 0.698. The molecular weight excluding hydrogens is 234 g/mol. The van der Waals surface area contributed by atoms with E-state index in [1.54, 1.807) is 0 Å². The van der Waals surface area contributed by atoms with E-state index in [0.29, 0.717) is 5.82 Å². The lowest BCUT2D eigenvalue weighted by molar-refractivity contribution is 1.16. The van der Waals surface area contributed by atoms with Gasteiger partial charge >= 0.3 is 0 Å². The number of nitrogens with two attached hydrogens (primary N) is 1. The fraction of sp³-hybridized carbons (Fsp3) is 0.188. The van der Waals surface area contributed by atoms with E-state index in [0.717, 1.165) is 16.9 Å². The molecule has 0 spiro atoms. The molecule has 0 unspecified atom stereocenters. The number of aromatic nitrogens is 2. The fourth-order valence-corrected chi connectivity index (χ4v) is 2.49. The highest BCUT2D eigenvalue weighted by Crippen LogP contribution is 2.28. The third-order valence-corrected chi connectivity index (χ3v) is 3.30. The maximum atomic E-state index is 6.24. The Balaban J connectivity index is 2.27. The third kappa shape index (κ3) is 1.97. The standard InChI is InChI=1S/C16H17N3/c1-10-4-5-14-18-15(16(17)19(14)9-10)13-7-11(2)6-12(3)8-13/h4-9H,17H2,1-3H3. The zero-order valence-corrected chi connectivity index (χ0v) is 11.4. The van der Waals surface area contributed by atoms with Crippen LogP contribution in [0.15, 0.2) is 36.5 Å². The van der Waals surface area contributed by atoms with Crippen molar-refractivity contribution in [2.75, 3.05) is 5.73 Å². The van der Waals surface area contributed by atoms with Gasteiger partial charge in [0.1, 0.15) is 17.2 Å². The molecular formula is C16H17N3. The quantitative estimate of drug-likeness (QED) is 0.719. The van der Waals surface area contributed by atoms with Crippen LogP contribution < -0.4 is 5.73 Å². The van der Waals surface area contributed by atoms with Crippen LogP contribution in [0.5, 0.6) is 0 Å². The minimum absolute atomic E-state index is 0.698. The highest BCUT2D eigenvalue weighted by molar-refractivity contribution is 5.75. The van der Waals surface area contributed by atoms with Gasteiger partial charge in [-0.25, -0.2) is 4.98 Å². The molecule has 2 heterocycles. The molecule has 0 saturated carbocycles. The van der Waals surface area contributed by atoms with Gasteiger partial charge in [-0.2, -0.15) is 0 Å². The van der Waals surface area contributed by atoms with Crippen molar-refractivity contribution in [2.24, 2.45) is 0 Å². The Kier molecular flexibility index (Phi) is 2.56. The average Bonchev–Trinajstić information content (AvgIpc) is 2.66. The second-order valence-corrected chi connectivity index (χ2v) is 5.16. The monoisotopic (exact) mass is 251 g/mol. The predicted octanol–water partition coefficient (Wildman–Crippen LogP) is 3.51. The SMILES string of the molecule is Cc1cc(C)cc(-c2nc3ccc(C)cn3c2N)c1. The van der Waals surface area contributed by atoms with Crippen molar-refractivity contribution in [3.8, 4) is 11.3 Å². The van der Waals surface area contributed by atoms with E-state index in [1.807, 2.05) is 22.7 Å². The zero-order valence-electron chi connectivity index (χ0n) is 11.4. The molecule has 0 saturated heterocycles. The summed E-state index contributed by atoms with van der Waals surface area (Å²) in [6, 6.07) is 10.4. The molecule has 2 N–H and O–H groups in total. The molecule has 3 nitrogen and oxygen atoms in total. The number of hydrogen-bond acceptors (Lipinski definition) is 2. The van der Waals surface area contributed by atoms with Crippen molar-refractivity contribution >= 4 is 11.5 Å². The van der Waals surface area contributed by atoms with Crippen molar-refractivity contribution in [3.05, 3.63) is 53.2 Å². The number of benzene rings is 1. The van der Waals surface area contributed by atoms with Gasteiger partial charge in [0.2, 0.25) is 0 Å². The van der Waals surface area contributed by atoms with Gasteiger partial charge in [-0.1, -0.05) is 23.3 Å². The molecule has 0 aliphatic rings. The fourth-order valence-electron chi connectivity index (χ4n) is 2.49. The number of hydrogen-bond donors (Lipinski definition) is 1. The van der Waals surface area contributed by atoms with Crippen LogP contribution in [0, 0.1) is 20.8 Å². The Bertz CT molecular complexity index is 749. The summed E-state index contributed by atoms with van der Waals surface area (Å²) in [5, 5.41) is 0. The van der Waals surface area contributed by atoms with Crippen LogP contribution in [0.3, 0.4) is 0 Å². The Morgan fingerprint density at radius 3 is 2.32 bits per heavy atom. The smallest absolute Gasteiger partial charge is 0.139 e. The molecule has 96 valence electrons. The van der Waals surface area contributed by atoms with Crippen LogP contribution >= 0.6 is 0 Å². The summed E-state index contributed by atoms with van der Waals surface area (Å²) < 4.78 is 1.95. The highest BCUT2D eigenvalue weighted by Gasteiger charge is 2.11. The van der Waals surface area contributed by atoms with Crippen LogP contribution in [0.4, 0.5) is 5.82 Å². The van der Waals surface area contributed by atoms with E-state index < -0.39 is 0 Å². The van der Waals surface area contributed by atoms with Gasteiger partial charge in [0.25, 0.3) is 0 Å². The summed E-state index contributed by atoms with van der Waals surface area (Å²) >= 11 is 0. The molecule has 0 aliphatic carbocycles. The van der Waals surface area contributed by atoms with Crippen molar-refractivity contribution < 1.29 is 0 Å². The number of fused-ring (bicyclic) bond motifs is 1. The molecule has 0 bridgehead atoms. The minimum Gasteiger partial charge on any atom is -0.383 e. The molecule has 3 rings (SSSR count). The van der Waals surface area contributed by atoms with E-state index in [2.05, 4.69) is 44.0 Å². The molecule has 0 radical (unpaired) electrons. The molecule has 2 aromatic heterocycles. The van der Waals surface area contributed by atoms with Crippen molar-refractivity contribution in [2.45, 2.75) is 20.8 Å². The van der Waals surface area contributed by atoms with Gasteiger partial charge in [0.05, 0.1) is 0 Å². The van der Waals surface area contributed by atoms with Crippen LogP contribution in [0.25, 0.3) is 16.9 Å². The summed E-state index contributed by atoms with van der Waals surface area (Å²) in [6.45, 7) is 6.23. The first-order valence-corrected chi connectivity index (χ1v) is 6.37. The first-order valence-electron chi connectivity index (χ1n) is 6.37. The van der Waals surface area contributed by atoms with E-state index in [9.17, 15) is 0 Å². The average molecular weight is 251 g/mol. The normalized spacial score (nSPS) is 11.1. The number of rotatable bonds is 1. The maximum Gasteiger partial charge on any atom is 0.139 e. The molecule has 0 aliphatic heterocycles. The summed E-state index contributed by atoms with van der Waals surface area (Å²) in [6.07, 6.45) is 2.02. The number of imidazole rings is 1. The lowest BCUT2D eigenvalue weighted by Gasteiger charge is -2.03. The Morgan fingerprint density at radius 1 is 0.947 bits per heavy atom. The third-order valence-electron chi connectivity index (χ3n) is 3.30. The molecule has 19 heavy (non-hydrogen) atoms. The van der Waals surface area contributed by atoms with Gasteiger partial charge in [-0.15, -0.1) is 0 Å². The number of nitrogen functional groups attached to an aromatic ring is 1. The van der Waals surface area contributed by atoms with Crippen molar-refractivity contribution in [3.63, 3.8) is 0 Å². The number of aryl methyl sites for hydroxylation is 3. The number of anilines is 1. The summed E-state index contributed by atoms with van der Waals surface area (Å²) in [4.78, 5) is 4.64. The summed E-state index contributed by atoms with van der Waals surface area (Å²) in [7, 11) is 0. The molecule has 3 aromatic rings. The topological polar surface area (TPSA) is 43.3 Å². The van der Waals surface area contributed by atoms with Gasteiger partial charge in [0.15, 0.2) is 0 Å². The Morgan fingerprint density at radius 2 is 1.63 bits per heavy atom. The summed E-state index contributed by atoms with van der Waals surface area (Å²) in [5.74, 6) is 0.698. The van der Waals surface area contributed by atoms with Crippen LogP contribution in [0.2, 0.25) is 0 Å². The van der Waals surface area contributed by atoms with Gasteiger partial charge in [-0.3, -0.25) is 4.40 Å². The summed E-state index contributed by atoms with van der Waals surface area (Å²) in [5.41, 5.74) is 12.7. The van der Waals surface area contributed by atoms with E-state index in [1.165, 1.54) is 16.7 Å². The van der Waals surface area contributed by atoms with Crippen molar-refractivity contribution in [1.29, 1.82) is 0 Å². The maximum absolute atomic E-state index is 6.24. The first kappa shape index (κ1) is 11.8. The highest BCUT2D eigenvalue weighted by atomic mass is 15.1. The molecule has 0 fully saturated rings. The van der Waals surface area contributed by atoms with Crippen LogP contribution in [-0.2, 0) is 0 Å². The predicted molar refractivity (Wildman–Crippen MR) is 79.3 cm³/mol. The molecule has 0 amide bonds. The van der Waals surface area contributed by atoms with E-state index in [-0.39, 0.29) is 0 Å². The molecule has 0 atom stereocenters. The largest absolute Gasteiger partial charge is 0.383 e. The number of pyridine rings is 1. The zero-order chi connectivity index (χ0) is 13.6. The lowest BCUT2D eigenvalue weighted by Crippen LogP contribution is -1.95. The van der Waals surface area contributed by atoms with Gasteiger partial charge < -0.3 is 5.73 Å². The molecule has 3 heteroatoms. The Labute approximate surface area is 112 Å². The first-order chi connectivity index (χ1) is 9.04. The van der Waals surface area contributed by atoms with Crippen LogP contribution in [0.1, 0.15) is 16.7 Å². The second kappa shape index (κ2) is 4.12. The van der Waals surface area contributed by atoms with E-state index in [4.69, 9.17) is 5.73 Å². The molecule has 1 aromatic carbocycles. The van der Waals surface area contributed by atoms with Gasteiger partial charge in [0, 0.05) is 11.8 Å². The number of nitrogens with zero attached hydrogens (tertiary/aromatic N) is 2. The van der Waals surface area contributed by atoms with Crippen molar-refractivity contribution in [1.82, 2.24) is 9.38 Å². The van der Waals surface area contributed by atoms with Gasteiger partial charge in [-0.05, 0) is 44.5 Å². The van der Waals surface area contributed by atoms with Crippen LogP contribution in [-0.4, -0.2) is 9.38 Å². The van der Waals surface area contributed by atoms with E-state index >= 15 is 0 Å². The lowest BCUT2D eigenvalue weighted by atomic mass is 10.1. The Hall–Kier alpha value is -2.29. The second-order valence-electron chi connectivity index (χ2n) is 5.16.